The van der Waals surface area contributed by atoms with Crippen molar-refractivity contribution in [1.29, 1.82) is 0 Å². The Balaban J connectivity index is 1.66. The quantitative estimate of drug-likeness (QED) is 0.722. The van der Waals surface area contributed by atoms with E-state index >= 15 is 0 Å². The van der Waals surface area contributed by atoms with Gasteiger partial charge in [-0.2, -0.15) is 0 Å². The molecule has 0 bridgehead atoms. The Morgan fingerprint density at radius 3 is 2.58 bits per heavy atom. The summed E-state index contributed by atoms with van der Waals surface area (Å²) in [6, 6.07) is 17.5. The maximum atomic E-state index is 12.6. The van der Waals surface area contributed by atoms with E-state index in [9.17, 15) is 9.59 Å². The Kier molecular flexibility index (Phi) is 5.96. The Bertz CT molecular complexity index is 780. The van der Waals surface area contributed by atoms with Crippen LogP contribution in [-0.4, -0.2) is 37.7 Å². The molecule has 2 aromatic carbocycles. The first-order valence-electron chi connectivity index (χ1n) is 8.73. The minimum atomic E-state index is -0.409. The number of amides is 2. The summed E-state index contributed by atoms with van der Waals surface area (Å²) in [5, 5.41) is 5.58. The van der Waals surface area contributed by atoms with E-state index in [1.165, 1.54) is 16.7 Å². The SMILES string of the molecule is C[NH+](C)C[C@@H](NC(=O)C[C@@H]1Sc2ccccc2NC1=O)c1ccccc1. The number of quaternary nitrogens is 1. The first-order valence-corrected chi connectivity index (χ1v) is 9.61. The van der Waals surface area contributed by atoms with Crippen LogP contribution >= 0.6 is 11.8 Å². The molecule has 0 spiro atoms. The van der Waals surface area contributed by atoms with E-state index in [-0.39, 0.29) is 24.3 Å². The average Bonchev–Trinajstić information content (AvgIpc) is 2.62. The first-order chi connectivity index (χ1) is 12.5. The number of likely N-dealkylation sites (N-methyl/N-ethyl adjacent to an activating group) is 1. The third kappa shape index (κ3) is 4.65. The van der Waals surface area contributed by atoms with Crippen molar-refractivity contribution in [3.63, 3.8) is 0 Å². The molecule has 2 amide bonds. The van der Waals surface area contributed by atoms with E-state index in [0.717, 1.165) is 22.7 Å². The van der Waals surface area contributed by atoms with Crippen molar-refractivity contribution in [1.82, 2.24) is 5.32 Å². The van der Waals surface area contributed by atoms with Crippen LogP contribution < -0.4 is 15.5 Å². The molecule has 0 aliphatic carbocycles. The molecule has 0 saturated carbocycles. The minimum Gasteiger partial charge on any atom is -0.344 e. The predicted molar refractivity (Wildman–Crippen MR) is 104 cm³/mol. The van der Waals surface area contributed by atoms with Crippen LogP contribution in [0.2, 0.25) is 0 Å². The third-order valence-corrected chi connectivity index (χ3v) is 5.50. The van der Waals surface area contributed by atoms with Gasteiger partial charge in [-0.1, -0.05) is 42.5 Å². The van der Waals surface area contributed by atoms with E-state index < -0.39 is 5.25 Å². The lowest BCUT2D eigenvalue weighted by Gasteiger charge is -2.25. The molecule has 3 rings (SSSR count). The van der Waals surface area contributed by atoms with Gasteiger partial charge in [0.05, 0.1) is 25.0 Å². The van der Waals surface area contributed by atoms with Crippen LogP contribution in [0.5, 0.6) is 0 Å². The molecule has 1 aliphatic heterocycles. The number of fused-ring (bicyclic) bond motifs is 1. The van der Waals surface area contributed by atoms with Gasteiger partial charge in [0.2, 0.25) is 11.8 Å². The van der Waals surface area contributed by atoms with Crippen molar-refractivity contribution in [2.24, 2.45) is 0 Å². The monoisotopic (exact) mass is 370 g/mol. The molecule has 2 aromatic rings. The Labute approximate surface area is 158 Å². The molecule has 0 saturated heterocycles. The number of para-hydroxylation sites is 1. The number of rotatable bonds is 6. The second kappa shape index (κ2) is 8.38. The molecule has 6 heteroatoms. The van der Waals surface area contributed by atoms with E-state index in [1.807, 2.05) is 54.6 Å². The standard InChI is InChI=1S/C20H23N3O2S/c1-23(2)13-16(14-8-4-3-5-9-14)21-19(24)12-18-20(25)22-15-10-6-7-11-17(15)26-18/h3-11,16,18H,12-13H2,1-2H3,(H,21,24)(H,22,25)/p+1/t16-,18+/m1/s1. The van der Waals surface area contributed by atoms with Crippen molar-refractivity contribution in [3.05, 3.63) is 60.2 Å². The minimum absolute atomic E-state index is 0.0716. The van der Waals surface area contributed by atoms with Gasteiger partial charge in [-0.05, 0) is 17.7 Å². The molecule has 5 nitrogen and oxygen atoms in total. The molecule has 26 heavy (non-hydrogen) atoms. The lowest BCUT2D eigenvalue weighted by molar-refractivity contribution is -0.860. The summed E-state index contributed by atoms with van der Waals surface area (Å²) in [5.74, 6) is -0.217. The molecule has 0 radical (unpaired) electrons. The number of nitrogens with one attached hydrogen (secondary N) is 3. The fourth-order valence-corrected chi connectivity index (χ4v) is 4.10. The Morgan fingerprint density at radius 1 is 1.15 bits per heavy atom. The van der Waals surface area contributed by atoms with E-state index in [1.54, 1.807) is 0 Å². The molecular weight excluding hydrogens is 346 g/mol. The molecule has 1 heterocycles. The van der Waals surface area contributed by atoms with E-state index in [4.69, 9.17) is 0 Å². The van der Waals surface area contributed by atoms with Crippen LogP contribution in [0.15, 0.2) is 59.5 Å². The summed E-state index contributed by atoms with van der Waals surface area (Å²) in [7, 11) is 4.12. The predicted octanol–water partition coefficient (Wildman–Crippen LogP) is 1.49. The molecule has 1 aliphatic rings. The summed E-state index contributed by atoms with van der Waals surface area (Å²) in [6.45, 7) is 0.780. The molecule has 0 unspecified atom stereocenters. The molecule has 0 aromatic heterocycles. The van der Waals surface area contributed by atoms with Gasteiger partial charge in [0.25, 0.3) is 0 Å². The molecule has 3 N–H and O–H groups in total. The van der Waals surface area contributed by atoms with Crippen LogP contribution in [0, 0.1) is 0 Å². The fraction of sp³-hybridized carbons (Fsp3) is 0.300. The van der Waals surface area contributed by atoms with Gasteiger partial charge in [-0.25, -0.2) is 0 Å². The zero-order valence-corrected chi connectivity index (χ0v) is 15.8. The number of thioether (sulfide) groups is 1. The van der Waals surface area contributed by atoms with Gasteiger partial charge in [-0.3, -0.25) is 9.59 Å². The summed E-state index contributed by atoms with van der Waals surface area (Å²) in [5.41, 5.74) is 1.89. The van der Waals surface area contributed by atoms with Gasteiger partial charge in [0, 0.05) is 11.3 Å². The van der Waals surface area contributed by atoms with Gasteiger partial charge < -0.3 is 15.5 Å². The zero-order valence-electron chi connectivity index (χ0n) is 15.0. The molecule has 0 fully saturated rings. The molecular formula is C20H24N3O2S+. The van der Waals surface area contributed by atoms with E-state index in [0.29, 0.717) is 0 Å². The Morgan fingerprint density at radius 2 is 1.85 bits per heavy atom. The highest BCUT2D eigenvalue weighted by Crippen LogP contribution is 2.36. The number of carbonyl (C=O) groups excluding carboxylic acids is 2. The second-order valence-corrected chi connectivity index (χ2v) is 7.98. The largest absolute Gasteiger partial charge is 0.344 e. The number of hydrogen-bond acceptors (Lipinski definition) is 3. The van der Waals surface area contributed by atoms with Crippen LogP contribution in [-0.2, 0) is 9.59 Å². The molecule has 136 valence electrons. The molecule has 2 atom stereocenters. The van der Waals surface area contributed by atoms with Crippen molar-refractivity contribution >= 4 is 29.3 Å². The van der Waals surface area contributed by atoms with Gasteiger partial charge in [-0.15, -0.1) is 11.8 Å². The lowest BCUT2D eigenvalue weighted by Crippen LogP contribution is -3.06. The van der Waals surface area contributed by atoms with Crippen LogP contribution in [0.3, 0.4) is 0 Å². The zero-order chi connectivity index (χ0) is 18.5. The average molecular weight is 370 g/mol. The van der Waals surface area contributed by atoms with Gasteiger partial charge >= 0.3 is 0 Å². The van der Waals surface area contributed by atoms with Gasteiger partial charge in [0.15, 0.2) is 0 Å². The fourth-order valence-electron chi connectivity index (χ4n) is 2.99. The van der Waals surface area contributed by atoms with E-state index in [2.05, 4.69) is 24.7 Å². The highest BCUT2D eigenvalue weighted by molar-refractivity contribution is 8.01. The van der Waals surface area contributed by atoms with Gasteiger partial charge in [0.1, 0.15) is 12.6 Å². The Hall–Kier alpha value is -2.31. The normalized spacial score (nSPS) is 17.3. The van der Waals surface area contributed by atoms with Crippen LogP contribution in [0.4, 0.5) is 5.69 Å². The summed E-state index contributed by atoms with van der Waals surface area (Å²) in [4.78, 5) is 27.2. The van der Waals surface area contributed by atoms with Crippen molar-refractivity contribution in [3.8, 4) is 0 Å². The van der Waals surface area contributed by atoms with Crippen LogP contribution in [0.1, 0.15) is 18.0 Å². The topological polar surface area (TPSA) is 62.6 Å². The van der Waals surface area contributed by atoms with Crippen molar-refractivity contribution in [2.45, 2.75) is 22.6 Å². The number of hydrogen-bond donors (Lipinski definition) is 3. The van der Waals surface area contributed by atoms with Crippen molar-refractivity contribution < 1.29 is 14.5 Å². The van der Waals surface area contributed by atoms with Crippen molar-refractivity contribution in [2.75, 3.05) is 26.0 Å². The highest BCUT2D eigenvalue weighted by atomic mass is 32.2. The number of anilines is 1. The maximum Gasteiger partial charge on any atom is 0.238 e. The summed E-state index contributed by atoms with van der Waals surface area (Å²) < 4.78 is 0. The summed E-state index contributed by atoms with van der Waals surface area (Å²) in [6.07, 6.45) is 0.164. The summed E-state index contributed by atoms with van der Waals surface area (Å²) >= 11 is 1.45. The number of benzene rings is 2. The maximum absolute atomic E-state index is 12.6. The first kappa shape index (κ1) is 18.5. The number of carbonyl (C=O) groups is 2. The highest BCUT2D eigenvalue weighted by Gasteiger charge is 2.29. The van der Waals surface area contributed by atoms with Crippen LogP contribution in [0.25, 0.3) is 0 Å². The third-order valence-electron chi connectivity index (χ3n) is 4.23. The smallest absolute Gasteiger partial charge is 0.238 e. The lowest BCUT2D eigenvalue weighted by atomic mass is 10.1. The second-order valence-electron chi connectivity index (χ2n) is 6.74.